The molecule has 4 aromatic rings. The van der Waals surface area contributed by atoms with Crippen LogP contribution >= 0.6 is 27.7 Å². The predicted molar refractivity (Wildman–Crippen MR) is 136 cm³/mol. The molecule has 1 amide bonds. The van der Waals surface area contributed by atoms with Crippen LogP contribution < -0.4 is 10.1 Å². The first-order valence-electron chi connectivity index (χ1n) is 10.5. The van der Waals surface area contributed by atoms with E-state index in [-0.39, 0.29) is 11.7 Å². The van der Waals surface area contributed by atoms with Gasteiger partial charge >= 0.3 is 0 Å². The molecule has 0 aliphatic carbocycles. The highest BCUT2D eigenvalue weighted by atomic mass is 79.9. The lowest BCUT2D eigenvalue weighted by molar-refractivity contribution is -0.113. The van der Waals surface area contributed by atoms with Crippen LogP contribution in [0.2, 0.25) is 0 Å². The number of carbonyl (C=O) groups excluding carboxylic acids is 1. The summed E-state index contributed by atoms with van der Waals surface area (Å²) in [5, 5.41) is 12.4. The van der Waals surface area contributed by atoms with Gasteiger partial charge < -0.3 is 10.1 Å². The van der Waals surface area contributed by atoms with E-state index in [0.29, 0.717) is 11.8 Å². The molecular weight excluding hydrogens is 500 g/mol. The molecule has 0 saturated carbocycles. The largest absolute Gasteiger partial charge is 0.494 e. The van der Waals surface area contributed by atoms with E-state index in [1.165, 1.54) is 11.8 Å². The van der Waals surface area contributed by atoms with Gasteiger partial charge in [-0.25, -0.2) is 0 Å². The topological polar surface area (TPSA) is 69.0 Å². The summed E-state index contributed by atoms with van der Waals surface area (Å²) in [5.41, 5.74) is 3.75. The molecule has 6 nitrogen and oxygen atoms in total. The standard InChI is InChI=1S/C25H23BrN4O2S/c1-3-32-22-13-11-20(12-14-22)27-23(31)16-33-25-29-28-24(18-7-9-19(26)10-8-18)30(25)21-6-4-5-17(2)15-21/h4-15H,3,16H2,1-2H3,(H,27,31). The maximum absolute atomic E-state index is 12.6. The second-order valence-electron chi connectivity index (χ2n) is 7.28. The highest BCUT2D eigenvalue weighted by Gasteiger charge is 2.17. The van der Waals surface area contributed by atoms with Gasteiger partial charge in [0.15, 0.2) is 11.0 Å². The Morgan fingerprint density at radius 3 is 2.52 bits per heavy atom. The predicted octanol–water partition coefficient (Wildman–Crippen LogP) is 6.13. The Bertz CT molecular complexity index is 1240. The fourth-order valence-electron chi connectivity index (χ4n) is 3.28. The van der Waals surface area contributed by atoms with Gasteiger partial charge in [0.25, 0.3) is 0 Å². The first-order valence-corrected chi connectivity index (χ1v) is 12.3. The minimum atomic E-state index is -0.117. The van der Waals surface area contributed by atoms with Crippen molar-refractivity contribution in [1.29, 1.82) is 0 Å². The lowest BCUT2D eigenvalue weighted by Crippen LogP contribution is -2.14. The third-order valence-corrected chi connectivity index (χ3v) is 6.23. The second-order valence-corrected chi connectivity index (χ2v) is 9.14. The molecule has 1 N–H and O–H groups in total. The van der Waals surface area contributed by atoms with Gasteiger partial charge in [-0.3, -0.25) is 9.36 Å². The van der Waals surface area contributed by atoms with Crippen molar-refractivity contribution in [1.82, 2.24) is 14.8 Å². The molecule has 33 heavy (non-hydrogen) atoms. The minimum Gasteiger partial charge on any atom is -0.494 e. The van der Waals surface area contributed by atoms with Gasteiger partial charge in [0.1, 0.15) is 5.75 Å². The number of carbonyl (C=O) groups is 1. The summed E-state index contributed by atoms with van der Waals surface area (Å²) in [7, 11) is 0. The van der Waals surface area contributed by atoms with Crippen molar-refractivity contribution in [3.05, 3.63) is 82.8 Å². The summed E-state index contributed by atoms with van der Waals surface area (Å²) in [5.74, 6) is 1.59. The Kier molecular flexibility index (Phi) is 7.47. The first-order chi connectivity index (χ1) is 16.0. The summed E-state index contributed by atoms with van der Waals surface area (Å²) in [6, 6.07) is 23.4. The van der Waals surface area contributed by atoms with Crippen LogP contribution in [0.25, 0.3) is 17.1 Å². The fourth-order valence-corrected chi connectivity index (χ4v) is 4.29. The zero-order valence-corrected chi connectivity index (χ0v) is 20.7. The number of nitrogens with one attached hydrogen (secondary N) is 1. The van der Waals surface area contributed by atoms with Crippen LogP contribution in [-0.4, -0.2) is 33.0 Å². The third kappa shape index (κ3) is 5.83. The lowest BCUT2D eigenvalue weighted by Gasteiger charge is -2.11. The Labute approximate surface area is 205 Å². The van der Waals surface area contributed by atoms with Crippen molar-refractivity contribution >= 4 is 39.3 Å². The number of hydrogen-bond donors (Lipinski definition) is 1. The average Bonchev–Trinajstić information content (AvgIpc) is 3.24. The van der Waals surface area contributed by atoms with Crippen LogP contribution in [0, 0.1) is 6.92 Å². The molecule has 0 spiro atoms. The van der Waals surface area contributed by atoms with E-state index in [1.54, 1.807) is 0 Å². The molecule has 0 aliphatic heterocycles. The zero-order chi connectivity index (χ0) is 23.2. The number of ether oxygens (including phenoxy) is 1. The Morgan fingerprint density at radius 1 is 1.06 bits per heavy atom. The minimum absolute atomic E-state index is 0.117. The summed E-state index contributed by atoms with van der Waals surface area (Å²) in [6.45, 7) is 4.58. The molecule has 1 aromatic heterocycles. The van der Waals surface area contributed by atoms with E-state index in [2.05, 4.69) is 37.5 Å². The van der Waals surface area contributed by atoms with Gasteiger partial charge in [0.2, 0.25) is 5.91 Å². The van der Waals surface area contributed by atoms with Crippen LogP contribution in [0.5, 0.6) is 5.75 Å². The number of benzene rings is 3. The summed E-state index contributed by atoms with van der Waals surface area (Å²) < 4.78 is 8.43. The van der Waals surface area contributed by atoms with Crippen molar-refractivity contribution in [2.24, 2.45) is 0 Å². The SMILES string of the molecule is CCOc1ccc(NC(=O)CSc2nnc(-c3ccc(Br)cc3)n2-c2cccc(C)c2)cc1. The molecule has 0 fully saturated rings. The molecular formula is C25H23BrN4O2S. The molecule has 0 atom stereocenters. The Balaban J connectivity index is 1.54. The highest BCUT2D eigenvalue weighted by Crippen LogP contribution is 2.29. The van der Waals surface area contributed by atoms with Crippen molar-refractivity contribution in [2.45, 2.75) is 19.0 Å². The van der Waals surface area contributed by atoms with Crippen molar-refractivity contribution in [3.63, 3.8) is 0 Å². The fraction of sp³-hybridized carbons (Fsp3) is 0.160. The smallest absolute Gasteiger partial charge is 0.234 e. The molecule has 3 aromatic carbocycles. The maximum Gasteiger partial charge on any atom is 0.234 e. The number of aryl methyl sites for hydroxylation is 1. The normalized spacial score (nSPS) is 10.8. The van der Waals surface area contributed by atoms with Crippen LogP contribution in [0.1, 0.15) is 12.5 Å². The van der Waals surface area contributed by atoms with E-state index in [9.17, 15) is 4.79 Å². The average molecular weight is 523 g/mol. The molecule has 8 heteroatoms. The van der Waals surface area contributed by atoms with E-state index >= 15 is 0 Å². The van der Waals surface area contributed by atoms with Gasteiger partial charge in [0, 0.05) is 21.4 Å². The number of aromatic nitrogens is 3. The number of hydrogen-bond acceptors (Lipinski definition) is 5. The van der Waals surface area contributed by atoms with Gasteiger partial charge in [-0.15, -0.1) is 10.2 Å². The van der Waals surface area contributed by atoms with Gasteiger partial charge in [-0.2, -0.15) is 0 Å². The van der Waals surface area contributed by atoms with E-state index in [1.807, 2.05) is 85.1 Å². The van der Waals surface area contributed by atoms with Gasteiger partial charge in [-0.05, 0) is 67.9 Å². The second kappa shape index (κ2) is 10.7. The molecule has 0 saturated heterocycles. The lowest BCUT2D eigenvalue weighted by atomic mass is 10.2. The molecule has 0 bridgehead atoms. The summed E-state index contributed by atoms with van der Waals surface area (Å²) in [6.07, 6.45) is 0. The number of rotatable bonds is 8. The third-order valence-electron chi connectivity index (χ3n) is 4.78. The molecule has 4 rings (SSSR count). The number of halogens is 1. The Morgan fingerprint density at radius 2 is 1.82 bits per heavy atom. The van der Waals surface area contributed by atoms with Crippen molar-refractivity contribution in [3.8, 4) is 22.8 Å². The number of thioether (sulfide) groups is 1. The maximum atomic E-state index is 12.6. The molecule has 1 heterocycles. The van der Waals surface area contributed by atoms with Crippen LogP contribution in [0.3, 0.4) is 0 Å². The van der Waals surface area contributed by atoms with Crippen molar-refractivity contribution in [2.75, 3.05) is 17.7 Å². The quantitative estimate of drug-likeness (QED) is 0.281. The number of nitrogens with zero attached hydrogens (tertiary/aromatic N) is 3. The van der Waals surface area contributed by atoms with Crippen LogP contribution in [0.15, 0.2) is 82.4 Å². The summed E-state index contributed by atoms with van der Waals surface area (Å²) >= 11 is 4.83. The molecule has 0 aliphatic rings. The summed E-state index contributed by atoms with van der Waals surface area (Å²) in [4.78, 5) is 12.6. The van der Waals surface area contributed by atoms with Crippen LogP contribution in [0.4, 0.5) is 5.69 Å². The molecule has 168 valence electrons. The van der Waals surface area contributed by atoms with Crippen LogP contribution in [-0.2, 0) is 4.79 Å². The zero-order valence-electron chi connectivity index (χ0n) is 18.3. The Hall–Kier alpha value is -3.10. The number of anilines is 1. The van der Waals surface area contributed by atoms with Gasteiger partial charge in [-0.1, -0.05) is 52.0 Å². The van der Waals surface area contributed by atoms with Gasteiger partial charge in [0.05, 0.1) is 12.4 Å². The van der Waals surface area contributed by atoms with Crippen molar-refractivity contribution < 1.29 is 9.53 Å². The highest BCUT2D eigenvalue weighted by molar-refractivity contribution is 9.10. The van der Waals surface area contributed by atoms with E-state index < -0.39 is 0 Å². The van der Waals surface area contributed by atoms with E-state index in [0.717, 1.165) is 38.5 Å². The monoisotopic (exact) mass is 522 g/mol. The number of amides is 1. The molecule has 0 radical (unpaired) electrons. The van der Waals surface area contributed by atoms with E-state index in [4.69, 9.17) is 4.74 Å². The first kappa shape index (κ1) is 23.1. The molecule has 0 unspecified atom stereocenters.